The number of hydrogen-bond donors (Lipinski definition) is 3. The molecule has 0 saturated carbocycles. The van der Waals surface area contributed by atoms with Gasteiger partial charge in [0.05, 0.1) is 26.4 Å². The van der Waals surface area contributed by atoms with Gasteiger partial charge in [0.2, 0.25) is 0 Å². The number of phosphoric ester groups is 2. The topological polar surface area (TPSA) is 237 Å². The second-order valence-corrected chi connectivity index (χ2v) is 30.0. The van der Waals surface area contributed by atoms with Crippen molar-refractivity contribution in [1.82, 2.24) is 0 Å². The minimum atomic E-state index is -4.95. The average molecular weight is 1330 g/mol. The Morgan fingerprint density at radius 1 is 0.300 bits per heavy atom. The van der Waals surface area contributed by atoms with E-state index >= 15 is 0 Å². The Morgan fingerprint density at radius 2 is 0.511 bits per heavy atom. The van der Waals surface area contributed by atoms with Crippen molar-refractivity contribution >= 4 is 39.5 Å². The Bertz CT molecular complexity index is 1770. The number of unbranched alkanes of at least 4 members (excludes halogenated alkanes) is 37. The van der Waals surface area contributed by atoms with Crippen LogP contribution in [0.1, 0.15) is 357 Å². The van der Waals surface area contributed by atoms with Crippen LogP contribution in [0.25, 0.3) is 0 Å². The van der Waals surface area contributed by atoms with Crippen molar-refractivity contribution in [3.63, 3.8) is 0 Å². The van der Waals surface area contributed by atoms with E-state index in [0.29, 0.717) is 37.5 Å². The molecule has 0 amide bonds. The zero-order chi connectivity index (χ0) is 66.6. The fourth-order valence-corrected chi connectivity index (χ4v) is 12.3. The molecule has 0 aliphatic carbocycles. The molecule has 0 aromatic rings. The van der Waals surface area contributed by atoms with Gasteiger partial charge in [-0.05, 0) is 43.4 Å². The van der Waals surface area contributed by atoms with Crippen LogP contribution in [0.3, 0.4) is 0 Å². The van der Waals surface area contributed by atoms with E-state index in [1.54, 1.807) is 0 Å². The lowest BCUT2D eigenvalue weighted by molar-refractivity contribution is -0.161. The van der Waals surface area contributed by atoms with Gasteiger partial charge in [-0.15, -0.1) is 0 Å². The van der Waals surface area contributed by atoms with Crippen LogP contribution in [0.5, 0.6) is 0 Å². The molecule has 0 heterocycles. The maximum atomic E-state index is 13.0. The minimum Gasteiger partial charge on any atom is -0.462 e. The first-order valence-electron chi connectivity index (χ1n) is 36.8. The van der Waals surface area contributed by atoms with Gasteiger partial charge >= 0.3 is 39.5 Å². The van der Waals surface area contributed by atoms with Crippen molar-refractivity contribution in [2.45, 2.75) is 375 Å². The number of carbonyl (C=O) groups excluding carboxylic acids is 4. The average Bonchev–Trinajstić information content (AvgIpc) is 3.71. The summed E-state index contributed by atoms with van der Waals surface area (Å²) in [6.07, 6.45) is 46.1. The Labute approximate surface area is 549 Å². The molecule has 3 N–H and O–H groups in total. The molecule has 0 bridgehead atoms. The number of aliphatic hydroxyl groups is 1. The summed E-state index contributed by atoms with van der Waals surface area (Å²) < 4.78 is 68.3. The predicted octanol–water partition coefficient (Wildman–Crippen LogP) is 20.2. The molecular weight excluding hydrogens is 1190 g/mol. The third kappa shape index (κ3) is 64.8. The highest BCUT2D eigenvalue weighted by molar-refractivity contribution is 7.47. The monoisotopic (exact) mass is 1320 g/mol. The molecule has 0 aliphatic rings. The molecule has 0 radical (unpaired) electrons. The third-order valence-electron chi connectivity index (χ3n) is 16.4. The SMILES string of the molecule is CCCCCCCCCCCCCCCCCCCCC(=O)O[C@H](COC(=O)CCCCCCCCCCCC(C)C)COP(=O)(O)OC[C@@H](O)COP(=O)(O)OC[C@@H](COC(=O)CCCCCCCCCC(C)C)OC(=O)CCCCCCCCCC(C)C. The number of phosphoric acid groups is 2. The van der Waals surface area contributed by atoms with E-state index in [2.05, 4.69) is 48.5 Å². The Hall–Kier alpha value is -1.94. The van der Waals surface area contributed by atoms with Gasteiger partial charge in [0.25, 0.3) is 0 Å². The molecule has 0 saturated heterocycles. The number of carbonyl (C=O) groups is 4. The molecule has 534 valence electrons. The summed E-state index contributed by atoms with van der Waals surface area (Å²) in [6, 6.07) is 0. The summed E-state index contributed by atoms with van der Waals surface area (Å²) in [5.41, 5.74) is 0. The zero-order valence-corrected chi connectivity index (χ0v) is 60.4. The lowest BCUT2D eigenvalue weighted by Gasteiger charge is -2.21. The molecule has 17 nitrogen and oxygen atoms in total. The van der Waals surface area contributed by atoms with Crippen molar-refractivity contribution < 1.29 is 80.2 Å². The molecule has 0 spiro atoms. The summed E-state index contributed by atoms with van der Waals surface area (Å²) in [5, 5.41) is 10.6. The number of hydrogen-bond acceptors (Lipinski definition) is 15. The van der Waals surface area contributed by atoms with Crippen LogP contribution in [-0.4, -0.2) is 96.7 Å². The summed E-state index contributed by atoms with van der Waals surface area (Å²) in [6.45, 7) is 11.7. The van der Waals surface area contributed by atoms with Gasteiger partial charge in [-0.3, -0.25) is 37.3 Å². The normalized spacial score (nSPS) is 14.2. The number of esters is 4. The maximum Gasteiger partial charge on any atom is 0.472 e. The van der Waals surface area contributed by atoms with Gasteiger partial charge in [-0.2, -0.15) is 0 Å². The first-order chi connectivity index (χ1) is 43.2. The fourth-order valence-electron chi connectivity index (χ4n) is 10.7. The molecule has 0 aromatic heterocycles. The van der Waals surface area contributed by atoms with Crippen LogP contribution < -0.4 is 0 Å². The van der Waals surface area contributed by atoms with Crippen LogP contribution in [-0.2, 0) is 65.4 Å². The van der Waals surface area contributed by atoms with Crippen LogP contribution in [0.15, 0.2) is 0 Å². The molecule has 90 heavy (non-hydrogen) atoms. The molecule has 0 aromatic carbocycles. The van der Waals surface area contributed by atoms with E-state index < -0.39 is 97.5 Å². The third-order valence-corrected chi connectivity index (χ3v) is 18.3. The Kier molecular flexibility index (Phi) is 60.6. The first-order valence-corrected chi connectivity index (χ1v) is 39.8. The highest BCUT2D eigenvalue weighted by Gasteiger charge is 2.30. The van der Waals surface area contributed by atoms with Crippen molar-refractivity contribution in [1.29, 1.82) is 0 Å². The number of rotatable bonds is 69. The molecule has 5 atom stereocenters. The smallest absolute Gasteiger partial charge is 0.462 e. The van der Waals surface area contributed by atoms with Gasteiger partial charge in [-0.1, -0.05) is 305 Å². The van der Waals surface area contributed by atoms with Gasteiger partial charge in [0.1, 0.15) is 19.3 Å². The maximum absolute atomic E-state index is 13.0. The van der Waals surface area contributed by atoms with Crippen LogP contribution in [0, 0.1) is 17.8 Å². The molecule has 19 heteroatoms. The van der Waals surface area contributed by atoms with Crippen LogP contribution >= 0.6 is 15.6 Å². The molecule has 0 rings (SSSR count). The quantitative estimate of drug-likeness (QED) is 0.0222. The Morgan fingerprint density at radius 3 is 0.756 bits per heavy atom. The molecule has 2 unspecified atom stereocenters. The van der Waals surface area contributed by atoms with Crippen LogP contribution in [0.2, 0.25) is 0 Å². The summed E-state index contributed by atoms with van der Waals surface area (Å²) in [4.78, 5) is 72.5. The lowest BCUT2D eigenvalue weighted by atomic mass is 10.0. The lowest BCUT2D eigenvalue weighted by Crippen LogP contribution is -2.30. The van der Waals surface area contributed by atoms with E-state index in [1.165, 1.54) is 161 Å². The largest absolute Gasteiger partial charge is 0.472 e. The minimum absolute atomic E-state index is 0.102. The van der Waals surface area contributed by atoms with Gasteiger partial charge in [0, 0.05) is 25.7 Å². The fraction of sp³-hybridized carbons (Fsp3) is 0.944. The standard InChI is InChI=1S/C71H138O17P2/c1-8-9-10-11-12-13-14-15-16-17-18-19-20-21-24-32-40-47-54-70(75)87-66(58-81-68(73)52-45-38-31-25-22-23-28-35-42-49-62(2)3)60-85-89(77,78)83-56-65(72)57-84-90(79,80)86-61-67(88-71(76)55-48-41-34-27-30-37-44-51-64(6)7)59-82-69(74)53-46-39-33-26-29-36-43-50-63(4)5/h62-67,72H,8-61H2,1-7H3,(H,77,78)(H,79,80)/t65-,66-,67-/m1/s1. The first kappa shape index (κ1) is 88.1. The molecule has 0 aliphatic heterocycles. The number of ether oxygens (including phenoxy) is 4. The van der Waals surface area contributed by atoms with Crippen molar-refractivity contribution in [2.24, 2.45) is 17.8 Å². The second kappa shape index (κ2) is 61.9. The molecular formula is C71H138O17P2. The highest BCUT2D eigenvalue weighted by atomic mass is 31.2. The summed E-state index contributed by atoms with van der Waals surface area (Å²) in [5.74, 6) is 0.0159. The van der Waals surface area contributed by atoms with E-state index in [-0.39, 0.29) is 25.7 Å². The highest BCUT2D eigenvalue weighted by Crippen LogP contribution is 2.45. The van der Waals surface area contributed by atoms with E-state index in [0.717, 1.165) is 102 Å². The second-order valence-electron chi connectivity index (χ2n) is 27.1. The van der Waals surface area contributed by atoms with Gasteiger partial charge in [-0.25, -0.2) is 9.13 Å². The Balaban J connectivity index is 5.22. The van der Waals surface area contributed by atoms with E-state index in [9.17, 15) is 43.2 Å². The van der Waals surface area contributed by atoms with Gasteiger partial charge < -0.3 is 33.8 Å². The zero-order valence-electron chi connectivity index (χ0n) is 58.6. The van der Waals surface area contributed by atoms with Crippen molar-refractivity contribution in [3.8, 4) is 0 Å². The van der Waals surface area contributed by atoms with Crippen molar-refractivity contribution in [2.75, 3.05) is 39.6 Å². The van der Waals surface area contributed by atoms with E-state index in [4.69, 9.17) is 37.0 Å². The van der Waals surface area contributed by atoms with Gasteiger partial charge in [0.15, 0.2) is 12.2 Å². The predicted molar refractivity (Wildman–Crippen MR) is 363 cm³/mol. The summed E-state index contributed by atoms with van der Waals surface area (Å²) >= 11 is 0. The summed E-state index contributed by atoms with van der Waals surface area (Å²) in [7, 11) is -9.90. The van der Waals surface area contributed by atoms with Crippen molar-refractivity contribution in [3.05, 3.63) is 0 Å². The number of aliphatic hydroxyl groups excluding tert-OH is 1. The van der Waals surface area contributed by atoms with E-state index in [1.807, 2.05) is 0 Å². The van der Waals surface area contributed by atoms with Crippen LogP contribution in [0.4, 0.5) is 0 Å². The molecule has 0 fully saturated rings.